The fraction of sp³-hybridized carbons (Fsp3) is 0.519. The Morgan fingerprint density at radius 3 is 2.36 bits per heavy atom. The van der Waals surface area contributed by atoms with E-state index in [4.69, 9.17) is 9.47 Å². The second kappa shape index (κ2) is 12.1. The van der Waals surface area contributed by atoms with Crippen LogP contribution in [0.5, 0.6) is 0 Å². The summed E-state index contributed by atoms with van der Waals surface area (Å²) < 4.78 is 11.1. The third kappa shape index (κ3) is 7.10. The Kier molecular flexibility index (Phi) is 9.69. The van der Waals surface area contributed by atoms with Crippen LogP contribution in [0.25, 0.3) is 0 Å². The minimum Gasteiger partial charge on any atom is -0.461 e. The predicted octanol–water partition coefficient (Wildman–Crippen LogP) is 2.29. The van der Waals surface area contributed by atoms with E-state index in [0.29, 0.717) is 12.0 Å². The molecule has 36 heavy (non-hydrogen) atoms. The van der Waals surface area contributed by atoms with E-state index in [1.54, 1.807) is 38.2 Å². The Morgan fingerprint density at radius 1 is 1.11 bits per heavy atom. The topological polar surface area (TPSA) is 136 Å². The Morgan fingerprint density at radius 2 is 1.75 bits per heavy atom. The molecule has 2 bridgehead atoms. The zero-order valence-electron chi connectivity index (χ0n) is 21.6. The molecule has 1 fully saturated rings. The van der Waals surface area contributed by atoms with Crippen LogP contribution in [-0.4, -0.2) is 58.9 Å². The lowest BCUT2D eigenvalue weighted by molar-refractivity contribution is -0.182. The average molecular weight is 502 g/mol. The van der Waals surface area contributed by atoms with Crippen LogP contribution in [0.3, 0.4) is 0 Å². The highest BCUT2D eigenvalue weighted by atomic mass is 16.6. The first kappa shape index (κ1) is 28.9. The molecule has 2 heterocycles. The van der Waals surface area contributed by atoms with Gasteiger partial charge in [0.2, 0.25) is 5.78 Å². The summed E-state index contributed by atoms with van der Waals surface area (Å²) in [7, 11) is 0. The maximum atomic E-state index is 13.6. The third-order valence-corrected chi connectivity index (χ3v) is 6.44. The number of hydrogen-bond acceptors (Lipinski definition) is 8. The monoisotopic (exact) mass is 501 g/mol. The van der Waals surface area contributed by atoms with Gasteiger partial charge in [0.05, 0.1) is 18.1 Å². The molecule has 6 atom stereocenters. The van der Waals surface area contributed by atoms with Crippen molar-refractivity contribution in [2.45, 2.75) is 78.7 Å². The van der Waals surface area contributed by atoms with Crippen LogP contribution >= 0.6 is 0 Å². The van der Waals surface area contributed by atoms with Crippen LogP contribution in [0.4, 0.5) is 0 Å². The number of ketones is 2. The number of esters is 2. The molecule has 0 spiro atoms. The zero-order chi connectivity index (χ0) is 27.2. The number of carbonyl (C=O) groups is 5. The molecule has 2 aliphatic heterocycles. The molecule has 0 aromatic rings. The van der Waals surface area contributed by atoms with Crippen molar-refractivity contribution in [1.82, 2.24) is 5.32 Å². The Hall–Kier alpha value is -3.33. The summed E-state index contributed by atoms with van der Waals surface area (Å²) in [5.74, 6) is -4.37. The van der Waals surface area contributed by atoms with Crippen molar-refractivity contribution in [3.63, 3.8) is 0 Å². The molecule has 1 amide bonds. The van der Waals surface area contributed by atoms with E-state index in [1.165, 1.54) is 19.9 Å². The van der Waals surface area contributed by atoms with Crippen LogP contribution in [0.1, 0.15) is 54.4 Å². The van der Waals surface area contributed by atoms with E-state index in [1.807, 2.05) is 13.0 Å². The molecule has 0 aromatic heterocycles. The average Bonchev–Trinajstić information content (AvgIpc) is 2.80. The van der Waals surface area contributed by atoms with Crippen molar-refractivity contribution in [3.05, 3.63) is 47.6 Å². The van der Waals surface area contributed by atoms with Crippen molar-refractivity contribution < 1.29 is 38.6 Å². The number of aliphatic hydroxyl groups is 1. The summed E-state index contributed by atoms with van der Waals surface area (Å²) in [4.78, 5) is 62.5. The van der Waals surface area contributed by atoms with E-state index in [9.17, 15) is 29.1 Å². The molecule has 1 aliphatic carbocycles. The zero-order valence-corrected chi connectivity index (χ0v) is 21.6. The molecular weight excluding hydrogens is 466 g/mol. The largest absolute Gasteiger partial charge is 0.461 e. The van der Waals surface area contributed by atoms with Gasteiger partial charge in [-0.25, -0.2) is 0 Å². The third-order valence-electron chi connectivity index (χ3n) is 6.44. The molecular formula is C27H35NO8. The summed E-state index contributed by atoms with van der Waals surface area (Å²) in [6.45, 7) is 8.85. The smallest absolute Gasteiger partial charge is 0.322 e. The van der Waals surface area contributed by atoms with Gasteiger partial charge < -0.3 is 19.9 Å². The molecule has 9 heteroatoms. The van der Waals surface area contributed by atoms with Gasteiger partial charge in [-0.05, 0) is 33.3 Å². The van der Waals surface area contributed by atoms with Crippen LogP contribution in [-0.2, 0) is 33.4 Å². The molecule has 1 saturated heterocycles. The first-order valence-corrected chi connectivity index (χ1v) is 11.9. The van der Waals surface area contributed by atoms with Crippen molar-refractivity contribution in [1.29, 1.82) is 0 Å². The standard InChI is InChI=1S/C27H35NO8/c1-15-7-10-20(31)11-8-16(2)13-23(28-25(33)18(4)29)27(6)24(32)17(3)22(36-26(27)34)14-21(12-9-15)35-19(5)30/h7-9,11-13,17,20-23,31H,10,14H2,1-6H3,(H,28,33)/b11-8-,12-9+,15-7+,16-13+. The molecule has 3 aliphatic rings. The number of aliphatic hydroxyl groups excluding tert-OH is 1. The van der Waals surface area contributed by atoms with Crippen LogP contribution < -0.4 is 5.32 Å². The molecule has 6 unspecified atom stereocenters. The summed E-state index contributed by atoms with van der Waals surface area (Å²) >= 11 is 0. The Balaban J connectivity index is 2.60. The van der Waals surface area contributed by atoms with Gasteiger partial charge in [0.15, 0.2) is 5.78 Å². The number of nitrogens with one attached hydrogen (secondary N) is 1. The highest BCUT2D eigenvalue weighted by Gasteiger charge is 2.56. The van der Waals surface area contributed by atoms with Gasteiger partial charge in [-0.3, -0.25) is 24.0 Å². The molecule has 2 N–H and O–H groups in total. The minimum atomic E-state index is -1.81. The normalized spacial score (nSPS) is 36.2. The minimum absolute atomic E-state index is 0.0571. The van der Waals surface area contributed by atoms with Crippen molar-refractivity contribution >= 4 is 29.4 Å². The molecule has 9 nitrogen and oxygen atoms in total. The van der Waals surface area contributed by atoms with Gasteiger partial charge in [-0.1, -0.05) is 48.5 Å². The van der Waals surface area contributed by atoms with Crippen molar-refractivity contribution in [2.24, 2.45) is 11.3 Å². The Labute approximate surface area is 211 Å². The van der Waals surface area contributed by atoms with Crippen LogP contribution in [0, 0.1) is 11.3 Å². The summed E-state index contributed by atoms with van der Waals surface area (Å²) in [6, 6.07) is -1.18. The quantitative estimate of drug-likeness (QED) is 0.342. The van der Waals surface area contributed by atoms with E-state index in [-0.39, 0.29) is 6.42 Å². The molecule has 196 valence electrons. The number of fused-ring (bicyclic) bond motifs is 10. The number of rotatable bonds is 3. The summed E-state index contributed by atoms with van der Waals surface area (Å²) in [5, 5.41) is 12.8. The number of ether oxygens (including phenoxy) is 2. The Bertz CT molecular complexity index is 1040. The van der Waals surface area contributed by atoms with Crippen LogP contribution in [0.15, 0.2) is 47.6 Å². The van der Waals surface area contributed by atoms with Crippen molar-refractivity contribution in [2.75, 3.05) is 0 Å². The highest BCUT2D eigenvalue weighted by Crippen LogP contribution is 2.38. The fourth-order valence-electron chi connectivity index (χ4n) is 4.13. The number of allylic oxidation sites excluding steroid dienone is 4. The second-order valence-electron chi connectivity index (χ2n) is 9.57. The van der Waals surface area contributed by atoms with Gasteiger partial charge >= 0.3 is 11.9 Å². The molecule has 0 aromatic carbocycles. The van der Waals surface area contributed by atoms with Gasteiger partial charge in [-0.2, -0.15) is 0 Å². The van der Waals surface area contributed by atoms with Crippen LogP contribution in [0.2, 0.25) is 0 Å². The van der Waals surface area contributed by atoms with Gasteiger partial charge in [0, 0.05) is 20.3 Å². The number of Topliss-reactive ketones (excluding diaryl/α,β-unsaturated/α-hetero) is 2. The second-order valence-corrected chi connectivity index (χ2v) is 9.57. The van der Waals surface area contributed by atoms with Gasteiger partial charge in [0.25, 0.3) is 5.91 Å². The van der Waals surface area contributed by atoms with Gasteiger partial charge in [-0.15, -0.1) is 0 Å². The maximum Gasteiger partial charge on any atom is 0.322 e. The van der Waals surface area contributed by atoms with Crippen molar-refractivity contribution in [3.8, 4) is 0 Å². The highest BCUT2D eigenvalue weighted by molar-refractivity contribution is 6.35. The van der Waals surface area contributed by atoms with E-state index in [0.717, 1.165) is 12.5 Å². The number of amides is 1. The summed E-state index contributed by atoms with van der Waals surface area (Å²) in [6.07, 6.45) is 7.78. The maximum absolute atomic E-state index is 13.6. The molecule has 0 radical (unpaired) electrons. The number of hydrogen-bond donors (Lipinski definition) is 2. The van der Waals surface area contributed by atoms with E-state index < -0.39 is 65.1 Å². The fourth-order valence-corrected chi connectivity index (χ4v) is 4.13. The SMILES string of the molecule is CC(=O)OC1/C=C/C(C)=C/CC(O)/C=C\C(C)=C\C(NC(=O)C(C)=O)C2(C)C(=O)OC(C1)C(C)C2=O. The predicted molar refractivity (Wildman–Crippen MR) is 131 cm³/mol. The van der Waals surface area contributed by atoms with Gasteiger partial charge in [0.1, 0.15) is 17.6 Å². The summed E-state index contributed by atoms with van der Waals surface area (Å²) in [5.41, 5.74) is -0.437. The molecule has 0 saturated carbocycles. The lowest BCUT2D eigenvalue weighted by Gasteiger charge is -2.42. The molecule has 3 rings (SSSR count). The van der Waals surface area contributed by atoms with E-state index in [2.05, 4.69) is 5.32 Å². The lowest BCUT2D eigenvalue weighted by atomic mass is 9.69. The lowest BCUT2D eigenvalue weighted by Crippen LogP contribution is -2.61. The first-order valence-electron chi connectivity index (χ1n) is 11.9. The number of carbonyl (C=O) groups excluding carboxylic acids is 5. The first-order chi connectivity index (χ1) is 16.7. The van der Waals surface area contributed by atoms with E-state index >= 15 is 0 Å².